The van der Waals surface area contributed by atoms with E-state index in [4.69, 9.17) is 13.9 Å². The molecule has 2 aromatic carbocycles. The number of ether oxygens (including phenoxy) is 2. The summed E-state index contributed by atoms with van der Waals surface area (Å²) >= 11 is 0. The van der Waals surface area contributed by atoms with E-state index in [0.29, 0.717) is 11.3 Å². The topological polar surface area (TPSA) is 133 Å². The summed E-state index contributed by atoms with van der Waals surface area (Å²) in [6, 6.07) is 15.2. The van der Waals surface area contributed by atoms with E-state index in [9.17, 15) is 19.7 Å². The minimum Gasteiger partial charge on any atom is -0.477 e. The number of benzene rings is 2. The molecule has 0 aliphatic rings. The van der Waals surface area contributed by atoms with Crippen LogP contribution >= 0.6 is 0 Å². The predicted octanol–water partition coefficient (Wildman–Crippen LogP) is 2.94. The maximum absolute atomic E-state index is 11.8. The first-order chi connectivity index (χ1) is 14.5. The van der Waals surface area contributed by atoms with Gasteiger partial charge in [0.2, 0.25) is 5.76 Å². The molecule has 1 N–H and O–H groups in total. The molecule has 0 atom stereocenters. The molecule has 1 aromatic heterocycles. The highest BCUT2D eigenvalue weighted by molar-refractivity contribution is 5.88. The van der Waals surface area contributed by atoms with Crippen molar-refractivity contribution >= 4 is 23.8 Å². The van der Waals surface area contributed by atoms with Crippen molar-refractivity contribution in [1.29, 1.82) is 0 Å². The van der Waals surface area contributed by atoms with Crippen molar-refractivity contribution < 1.29 is 28.4 Å². The van der Waals surface area contributed by atoms with Crippen LogP contribution in [0.3, 0.4) is 0 Å². The Balaban J connectivity index is 1.47. The molecule has 152 valence electrons. The van der Waals surface area contributed by atoms with Gasteiger partial charge in [0.05, 0.1) is 17.4 Å². The zero-order valence-electron chi connectivity index (χ0n) is 15.4. The summed E-state index contributed by atoms with van der Waals surface area (Å²) in [5, 5.41) is 14.7. The van der Waals surface area contributed by atoms with Crippen molar-refractivity contribution in [3.05, 3.63) is 88.4 Å². The molecule has 0 aliphatic carbocycles. The summed E-state index contributed by atoms with van der Waals surface area (Å²) in [6.45, 7) is -0.441. The Labute approximate surface area is 169 Å². The van der Waals surface area contributed by atoms with E-state index in [2.05, 4.69) is 10.5 Å². The maximum atomic E-state index is 11.8. The molecule has 3 aromatic rings. The van der Waals surface area contributed by atoms with E-state index in [1.807, 2.05) is 0 Å². The quantitative estimate of drug-likeness (QED) is 0.199. The summed E-state index contributed by atoms with van der Waals surface area (Å²) in [7, 11) is 0. The van der Waals surface area contributed by atoms with Gasteiger partial charge in [-0.05, 0) is 48.0 Å². The molecular formula is C20H15N3O7. The lowest BCUT2D eigenvalue weighted by molar-refractivity contribution is -0.385. The Morgan fingerprint density at radius 3 is 2.57 bits per heavy atom. The molecule has 0 spiro atoms. The summed E-state index contributed by atoms with van der Waals surface area (Å²) in [5.74, 6) is -0.816. The minimum atomic E-state index is -0.618. The molecular weight excluding hydrogens is 394 g/mol. The molecule has 0 aliphatic heterocycles. The third-order valence-corrected chi connectivity index (χ3v) is 3.64. The molecule has 0 fully saturated rings. The Morgan fingerprint density at radius 1 is 1.10 bits per heavy atom. The number of carbonyl (C=O) groups excluding carboxylic acids is 2. The third kappa shape index (κ3) is 5.52. The van der Waals surface area contributed by atoms with Crippen LogP contribution in [-0.4, -0.2) is 29.6 Å². The number of amides is 1. The molecule has 30 heavy (non-hydrogen) atoms. The van der Waals surface area contributed by atoms with Crippen molar-refractivity contribution in [2.24, 2.45) is 5.10 Å². The van der Waals surface area contributed by atoms with E-state index < -0.39 is 23.4 Å². The van der Waals surface area contributed by atoms with Crippen LogP contribution in [-0.2, 0) is 4.79 Å². The average Bonchev–Trinajstić information content (AvgIpc) is 3.29. The van der Waals surface area contributed by atoms with Gasteiger partial charge in [-0.2, -0.15) is 5.10 Å². The zero-order valence-corrected chi connectivity index (χ0v) is 15.4. The van der Waals surface area contributed by atoms with Gasteiger partial charge in [0, 0.05) is 6.07 Å². The van der Waals surface area contributed by atoms with E-state index in [1.54, 1.807) is 36.4 Å². The van der Waals surface area contributed by atoms with Crippen LogP contribution in [0.25, 0.3) is 0 Å². The number of esters is 1. The summed E-state index contributed by atoms with van der Waals surface area (Å²) in [4.78, 5) is 33.9. The number of carbonyl (C=O) groups is 2. The number of nitro groups is 1. The molecule has 1 amide bonds. The first-order valence-corrected chi connectivity index (χ1v) is 8.57. The van der Waals surface area contributed by atoms with Crippen LogP contribution in [0.2, 0.25) is 0 Å². The third-order valence-electron chi connectivity index (χ3n) is 3.64. The van der Waals surface area contributed by atoms with Crippen LogP contribution in [0, 0.1) is 10.1 Å². The van der Waals surface area contributed by atoms with Gasteiger partial charge in [-0.3, -0.25) is 14.9 Å². The van der Waals surface area contributed by atoms with Gasteiger partial charge in [0.1, 0.15) is 5.75 Å². The molecule has 0 saturated carbocycles. The van der Waals surface area contributed by atoms with Gasteiger partial charge in [0.25, 0.3) is 5.91 Å². The first kappa shape index (κ1) is 20.3. The molecule has 0 radical (unpaired) electrons. The lowest BCUT2D eigenvalue weighted by atomic mass is 10.2. The second-order valence-electron chi connectivity index (χ2n) is 5.74. The summed E-state index contributed by atoms with van der Waals surface area (Å²) in [6.07, 6.45) is 2.75. The Bertz CT molecular complexity index is 1060. The summed E-state index contributed by atoms with van der Waals surface area (Å²) in [5.41, 5.74) is 2.65. The molecule has 0 bridgehead atoms. The monoisotopic (exact) mass is 409 g/mol. The molecule has 10 nitrogen and oxygen atoms in total. The van der Waals surface area contributed by atoms with Crippen LogP contribution in [0.4, 0.5) is 5.69 Å². The van der Waals surface area contributed by atoms with Crippen LogP contribution in [0.15, 0.2) is 76.4 Å². The number of nitro benzene ring substituents is 1. The first-order valence-electron chi connectivity index (χ1n) is 8.57. The second-order valence-corrected chi connectivity index (χ2v) is 5.74. The summed E-state index contributed by atoms with van der Waals surface area (Å²) < 4.78 is 15.3. The fourth-order valence-corrected chi connectivity index (χ4v) is 2.26. The fourth-order valence-electron chi connectivity index (χ4n) is 2.26. The number of para-hydroxylation sites is 2. The standard InChI is InChI=1S/C20H15N3O7/c24-19(13-29-17-5-2-1-4-16(17)23(26)27)22-21-12-14-7-9-15(10-8-14)30-20(25)18-6-3-11-28-18/h1-12H,13H2,(H,22,24)/b21-12-. The van der Waals surface area contributed by atoms with Gasteiger partial charge >= 0.3 is 11.7 Å². The Morgan fingerprint density at radius 2 is 1.87 bits per heavy atom. The highest BCUT2D eigenvalue weighted by Crippen LogP contribution is 2.25. The molecule has 0 unspecified atom stereocenters. The van der Waals surface area contributed by atoms with Gasteiger partial charge in [0.15, 0.2) is 12.4 Å². The van der Waals surface area contributed by atoms with Gasteiger partial charge in [-0.15, -0.1) is 0 Å². The number of nitrogens with one attached hydrogen (secondary N) is 1. The maximum Gasteiger partial charge on any atom is 0.379 e. The zero-order chi connectivity index (χ0) is 21.3. The normalized spacial score (nSPS) is 10.5. The van der Waals surface area contributed by atoms with Crippen molar-refractivity contribution in [3.63, 3.8) is 0 Å². The molecule has 0 saturated heterocycles. The Hall–Kier alpha value is -4.47. The molecule has 1 heterocycles. The van der Waals surface area contributed by atoms with E-state index >= 15 is 0 Å². The second kappa shape index (κ2) is 9.64. The van der Waals surface area contributed by atoms with Crippen molar-refractivity contribution in [2.45, 2.75) is 0 Å². The fraction of sp³-hybridized carbons (Fsp3) is 0.0500. The number of rotatable bonds is 8. The van der Waals surface area contributed by atoms with E-state index in [-0.39, 0.29) is 17.2 Å². The minimum absolute atomic E-state index is 0.0127. The lowest BCUT2D eigenvalue weighted by Gasteiger charge is -2.05. The van der Waals surface area contributed by atoms with Crippen molar-refractivity contribution in [3.8, 4) is 11.5 Å². The largest absolute Gasteiger partial charge is 0.477 e. The van der Waals surface area contributed by atoms with Crippen LogP contribution in [0.5, 0.6) is 11.5 Å². The van der Waals surface area contributed by atoms with E-state index in [0.717, 1.165) is 0 Å². The van der Waals surface area contributed by atoms with Gasteiger partial charge < -0.3 is 13.9 Å². The van der Waals surface area contributed by atoms with Crippen molar-refractivity contribution in [1.82, 2.24) is 5.43 Å². The molecule has 3 rings (SSSR count). The number of hydrogen-bond donors (Lipinski definition) is 1. The Kier molecular flexibility index (Phi) is 6.51. The van der Waals surface area contributed by atoms with Gasteiger partial charge in [-0.1, -0.05) is 12.1 Å². The van der Waals surface area contributed by atoms with Crippen molar-refractivity contribution in [2.75, 3.05) is 6.61 Å². The van der Waals surface area contributed by atoms with Gasteiger partial charge in [-0.25, -0.2) is 10.2 Å². The molecule has 10 heteroatoms. The average molecular weight is 409 g/mol. The lowest BCUT2D eigenvalue weighted by Crippen LogP contribution is -2.24. The number of hydrazone groups is 1. The number of nitrogens with zero attached hydrogens (tertiary/aromatic N) is 2. The smallest absolute Gasteiger partial charge is 0.379 e. The van der Waals surface area contributed by atoms with E-state index in [1.165, 1.54) is 36.7 Å². The highest BCUT2D eigenvalue weighted by Gasteiger charge is 2.14. The number of hydrogen-bond acceptors (Lipinski definition) is 8. The van der Waals surface area contributed by atoms with Crippen LogP contribution in [0.1, 0.15) is 16.1 Å². The predicted molar refractivity (Wildman–Crippen MR) is 104 cm³/mol. The number of furan rings is 1. The van der Waals surface area contributed by atoms with Crippen LogP contribution < -0.4 is 14.9 Å². The SMILES string of the molecule is O=C(COc1ccccc1[N+](=O)[O-])N/N=C\c1ccc(OC(=O)c2ccco2)cc1. The highest BCUT2D eigenvalue weighted by atomic mass is 16.6.